The molecule has 0 aromatic heterocycles. The number of carboxylic acids is 1. The van der Waals surface area contributed by atoms with Crippen molar-refractivity contribution in [1.82, 2.24) is 0 Å². The Morgan fingerprint density at radius 3 is 3.08 bits per heavy atom. The van der Waals surface area contributed by atoms with Crippen LogP contribution in [0.1, 0.15) is 15.9 Å². The molecule has 2 rings (SSSR count). The summed E-state index contributed by atoms with van der Waals surface area (Å²) < 4.78 is 5.18. The first-order valence-corrected chi connectivity index (χ1v) is 3.95. The second kappa shape index (κ2) is 2.94. The SMILES string of the molecule is O=C(O)c1ccc2c(c1)CC=CO2. The number of hydrogen-bond acceptors (Lipinski definition) is 2. The summed E-state index contributed by atoms with van der Waals surface area (Å²) in [5.74, 6) is -0.162. The van der Waals surface area contributed by atoms with Crippen molar-refractivity contribution in [1.29, 1.82) is 0 Å². The number of benzene rings is 1. The van der Waals surface area contributed by atoms with E-state index in [1.165, 1.54) is 0 Å². The van der Waals surface area contributed by atoms with Gasteiger partial charge < -0.3 is 9.84 Å². The molecule has 1 aromatic carbocycles. The quantitative estimate of drug-likeness (QED) is 0.710. The van der Waals surface area contributed by atoms with E-state index in [-0.39, 0.29) is 0 Å². The summed E-state index contributed by atoms with van der Waals surface area (Å²) in [7, 11) is 0. The Morgan fingerprint density at radius 1 is 1.46 bits per heavy atom. The summed E-state index contributed by atoms with van der Waals surface area (Å²) in [6, 6.07) is 4.86. The lowest BCUT2D eigenvalue weighted by Crippen LogP contribution is -2.01. The second-order valence-electron chi connectivity index (χ2n) is 2.82. The van der Waals surface area contributed by atoms with Crippen molar-refractivity contribution in [3.8, 4) is 5.75 Å². The first-order valence-electron chi connectivity index (χ1n) is 3.95. The molecule has 0 amide bonds. The van der Waals surface area contributed by atoms with Crippen LogP contribution in [0.2, 0.25) is 0 Å². The molecule has 0 spiro atoms. The maximum Gasteiger partial charge on any atom is 0.335 e. The van der Waals surface area contributed by atoms with Gasteiger partial charge in [0.1, 0.15) is 5.75 Å². The van der Waals surface area contributed by atoms with E-state index in [4.69, 9.17) is 9.84 Å². The summed E-state index contributed by atoms with van der Waals surface area (Å²) in [5, 5.41) is 8.73. The van der Waals surface area contributed by atoms with Crippen molar-refractivity contribution in [3.63, 3.8) is 0 Å². The van der Waals surface area contributed by atoms with Gasteiger partial charge in [0.25, 0.3) is 0 Å². The Kier molecular flexibility index (Phi) is 1.77. The maximum atomic E-state index is 10.6. The molecule has 1 aromatic rings. The molecule has 0 aliphatic carbocycles. The monoisotopic (exact) mass is 176 g/mol. The Labute approximate surface area is 75.3 Å². The van der Waals surface area contributed by atoms with Crippen LogP contribution < -0.4 is 4.74 Å². The lowest BCUT2D eigenvalue weighted by Gasteiger charge is -2.11. The van der Waals surface area contributed by atoms with E-state index in [9.17, 15) is 4.79 Å². The van der Waals surface area contributed by atoms with Crippen LogP contribution in [0.4, 0.5) is 0 Å². The predicted molar refractivity (Wildman–Crippen MR) is 46.9 cm³/mol. The second-order valence-corrected chi connectivity index (χ2v) is 2.82. The minimum Gasteiger partial charge on any atom is -0.478 e. The Hall–Kier alpha value is -1.77. The van der Waals surface area contributed by atoms with E-state index in [1.807, 2.05) is 6.08 Å². The number of aromatic carboxylic acids is 1. The fraction of sp³-hybridized carbons (Fsp3) is 0.100. The molecule has 0 bridgehead atoms. The van der Waals surface area contributed by atoms with Gasteiger partial charge >= 0.3 is 5.97 Å². The molecule has 13 heavy (non-hydrogen) atoms. The highest BCUT2D eigenvalue weighted by Crippen LogP contribution is 2.24. The van der Waals surface area contributed by atoms with E-state index in [1.54, 1.807) is 24.5 Å². The van der Waals surface area contributed by atoms with Crippen LogP contribution in [0.3, 0.4) is 0 Å². The van der Waals surface area contributed by atoms with Crippen molar-refractivity contribution in [3.05, 3.63) is 41.7 Å². The maximum absolute atomic E-state index is 10.6. The highest BCUT2D eigenvalue weighted by atomic mass is 16.5. The van der Waals surface area contributed by atoms with Gasteiger partial charge in [0, 0.05) is 0 Å². The zero-order chi connectivity index (χ0) is 9.26. The smallest absolute Gasteiger partial charge is 0.335 e. The molecule has 3 heteroatoms. The lowest BCUT2D eigenvalue weighted by molar-refractivity contribution is 0.0696. The molecule has 0 radical (unpaired) electrons. The minimum absolute atomic E-state index is 0.303. The third-order valence-electron chi connectivity index (χ3n) is 1.94. The van der Waals surface area contributed by atoms with Gasteiger partial charge in [-0.3, -0.25) is 0 Å². The van der Waals surface area contributed by atoms with Gasteiger partial charge in [-0.15, -0.1) is 0 Å². The van der Waals surface area contributed by atoms with Crippen molar-refractivity contribution >= 4 is 5.97 Å². The van der Waals surface area contributed by atoms with Crippen molar-refractivity contribution < 1.29 is 14.6 Å². The fourth-order valence-corrected chi connectivity index (χ4v) is 1.28. The van der Waals surface area contributed by atoms with E-state index in [2.05, 4.69) is 0 Å². The van der Waals surface area contributed by atoms with Crippen LogP contribution in [0.25, 0.3) is 0 Å². The third-order valence-corrected chi connectivity index (χ3v) is 1.94. The largest absolute Gasteiger partial charge is 0.478 e. The molecule has 0 saturated heterocycles. The molecule has 0 atom stereocenters. The van der Waals surface area contributed by atoms with Gasteiger partial charge in [0.05, 0.1) is 11.8 Å². The highest BCUT2D eigenvalue weighted by Gasteiger charge is 2.09. The predicted octanol–water partition coefficient (Wildman–Crippen LogP) is 1.83. The number of carbonyl (C=O) groups is 1. The zero-order valence-corrected chi connectivity index (χ0v) is 6.86. The minimum atomic E-state index is -0.905. The van der Waals surface area contributed by atoms with Crippen LogP contribution in [-0.4, -0.2) is 11.1 Å². The molecule has 3 nitrogen and oxygen atoms in total. The number of carboxylic acid groups (broad SMARTS) is 1. The van der Waals surface area contributed by atoms with Crippen LogP contribution >= 0.6 is 0 Å². The number of fused-ring (bicyclic) bond motifs is 1. The van der Waals surface area contributed by atoms with E-state index in [0.717, 1.165) is 17.7 Å². The molecular formula is C10H8O3. The van der Waals surface area contributed by atoms with Crippen molar-refractivity contribution in [2.75, 3.05) is 0 Å². The van der Waals surface area contributed by atoms with Gasteiger partial charge in [-0.1, -0.05) is 0 Å². The fourth-order valence-electron chi connectivity index (χ4n) is 1.28. The standard InChI is InChI=1S/C10H8O3/c11-10(12)8-3-4-9-7(6-8)2-1-5-13-9/h1,3-6H,2H2,(H,11,12). The van der Waals surface area contributed by atoms with Crippen LogP contribution in [-0.2, 0) is 6.42 Å². The summed E-state index contributed by atoms with van der Waals surface area (Å²) in [6.07, 6.45) is 4.20. The molecule has 1 heterocycles. The van der Waals surface area contributed by atoms with Crippen molar-refractivity contribution in [2.45, 2.75) is 6.42 Å². The number of ether oxygens (including phenoxy) is 1. The summed E-state index contributed by atoms with van der Waals surface area (Å²) in [4.78, 5) is 10.6. The Bertz CT molecular complexity index is 380. The molecule has 1 N–H and O–H groups in total. The van der Waals surface area contributed by atoms with Gasteiger partial charge in [0.2, 0.25) is 0 Å². The van der Waals surface area contributed by atoms with Gasteiger partial charge in [-0.05, 0) is 36.3 Å². The number of rotatable bonds is 1. The van der Waals surface area contributed by atoms with E-state index >= 15 is 0 Å². The van der Waals surface area contributed by atoms with Gasteiger partial charge in [0.15, 0.2) is 0 Å². The summed E-state index contributed by atoms with van der Waals surface area (Å²) in [5.41, 5.74) is 1.22. The number of hydrogen-bond donors (Lipinski definition) is 1. The first kappa shape index (κ1) is 7.86. The topological polar surface area (TPSA) is 46.5 Å². The first-order chi connectivity index (χ1) is 6.27. The lowest BCUT2D eigenvalue weighted by atomic mass is 10.1. The summed E-state index contributed by atoms with van der Waals surface area (Å²) >= 11 is 0. The normalized spacial score (nSPS) is 13.2. The molecule has 1 aliphatic rings. The molecule has 0 unspecified atom stereocenters. The average molecular weight is 176 g/mol. The Morgan fingerprint density at radius 2 is 2.31 bits per heavy atom. The van der Waals surface area contributed by atoms with E-state index < -0.39 is 5.97 Å². The molecule has 0 saturated carbocycles. The highest BCUT2D eigenvalue weighted by molar-refractivity contribution is 5.88. The zero-order valence-electron chi connectivity index (χ0n) is 6.86. The van der Waals surface area contributed by atoms with E-state index in [0.29, 0.717) is 5.56 Å². The third kappa shape index (κ3) is 1.40. The Balaban J connectivity index is 2.44. The van der Waals surface area contributed by atoms with Gasteiger partial charge in [-0.25, -0.2) is 4.79 Å². The molecule has 1 aliphatic heterocycles. The summed E-state index contributed by atoms with van der Waals surface area (Å²) in [6.45, 7) is 0. The van der Waals surface area contributed by atoms with Crippen molar-refractivity contribution in [2.24, 2.45) is 0 Å². The number of allylic oxidation sites excluding steroid dienone is 1. The van der Waals surface area contributed by atoms with Gasteiger partial charge in [-0.2, -0.15) is 0 Å². The van der Waals surface area contributed by atoms with Crippen LogP contribution in [0, 0.1) is 0 Å². The molecular weight excluding hydrogens is 168 g/mol. The van der Waals surface area contributed by atoms with Crippen LogP contribution in [0.5, 0.6) is 5.75 Å². The molecule has 66 valence electrons. The van der Waals surface area contributed by atoms with Crippen LogP contribution in [0.15, 0.2) is 30.5 Å². The average Bonchev–Trinajstić information content (AvgIpc) is 2.17. The molecule has 0 fully saturated rings.